The van der Waals surface area contributed by atoms with E-state index in [1.165, 1.54) is 0 Å². The van der Waals surface area contributed by atoms with Crippen LogP contribution in [0.1, 0.15) is 32.1 Å². The van der Waals surface area contributed by atoms with E-state index in [4.69, 9.17) is 9.84 Å². The normalized spacial score (nSPS) is 46.6. The average molecular weight is 200 g/mol. The van der Waals surface area contributed by atoms with E-state index in [2.05, 4.69) is 0 Å². The fraction of sp³-hybridized carbons (Fsp3) is 0.900. The summed E-state index contributed by atoms with van der Waals surface area (Å²) in [6.45, 7) is 0. The third kappa shape index (κ3) is 1.10. The van der Waals surface area contributed by atoms with Crippen LogP contribution in [0.4, 0.5) is 0 Å². The molecule has 0 heterocycles. The molecule has 4 nitrogen and oxygen atoms in total. The van der Waals surface area contributed by atoms with Gasteiger partial charge >= 0.3 is 5.97 Å². The van der Waals surface area contributed by atoms with E-state index < -0.39 is 17.5 Å². The van der Waals surface area contributed by atoms with Crippen molar-refractivity contribution in [1.82, 2.24) is 0 Å². The molecule has 0 radical (unpaired) electrons. The van der Waals surface area contributed by atoms with Crippen LogP contribution in [0.3, 0.4) is 0 Å². The van der Waals surface area contributed by atoms with Gasteiger partial charge in [-0.25, -0.2) is 0 Å². The van der Waals surface area contributed by atoms with Crippen LogP contribution in [0.25, 0.3) is 0 Å². The average Bonchev–Trinajstić information content (AvgIpc) is 2.19. The molecule has 0 aromatic carbocycles. The highest BCUT2D eigenvalue weighted by molar-refractivity contribution is 5.76. The summed E-state index contributed by atoms with van der Waals surface area (Å²) in [6.07, 6.45) is 2.31. The fourth-order valence-corrected chi connectivity index (χ4v) is 2.88. The summed E-state index contributed by atoms with van der Waals surface area (Å²) < 4.78 is 5.41. The van der Waals surface area contributed by atoms with Gasteiger partial charge in [-0.2, -0.15) is 0 Å². The zero-order valence-corrected chi connectivity index (χ0v) is 8.32. The molecule has 0 aliphatic heterocycles. The van der Waals surface area contributed by atoms with E-state index in [1.807, 2.05) is 0 Å². The Morgan fingerprint density at radius 1 is 1.36 bits per heavy atom. The van der Waals surface area contributed by atoms with Crippen LogP contribution in [0.2, 0.25) is 0 Å². The van der Waals surface area contributed by atoms with Crippen molar-refractivity contribution >= 4 is 5.97 Å². The van der Waals surface area contributed by atoms with Crippen molar-refractivity contribution in [2.75, 3.05) is 7.11 Å². The second-order valence-corrected chi connectivity index (χ2v) is 4.57. The summed E-state index contributed by atoms with van der Waals surface area (Å²) in [5, 5.41) is 19.0. The smallest absolute Gasteiger partial charge is 0.312 e. The first-order chi connectivity index (χ1) is 6.55. The summed E-state index contributed by atoms with van der Waals surface area (Å²) in [5.41, 5.74) is -1.14. The lowest BCUT2D eigenvalue weighted by atomic mass is 9.57. The predicted molar refractivity (Wildman–Crippen MR) is 48.9 cm³/mol. The molecular weight excluding hydrogens is 184 g/mol. The molecule has 0 spiro atoms. The SMILES string of the molecule is COC12CCC(C(=O)O)(CC1)[C@H](O)C2. The molecule has 2 bridgehead atoms. The second-order valence-electron chi connectivity index (χ2n) is 4.57. The quantitative estimate of drug-likeness (QED) is 0.691. The van der Waals surface area contributed by atoms with Gasteiger partial charge in [-0.1, -0.05) is 0 Å². The first-order valence-electron chi connectivity index (χ1n) is 5.01. The molecule has 3 aliphatic carbocycles. The minimum Gasteiger partial charge on any atom is -0.481 e. The molecule has 0 saturated heterocycles. The minimum atomic E-state index is -0.889. The summed E-state index contributed by atoms with van der Waals surface area (Å²) in [4.78, 5) is 11.1. The summed E-state index contributed by atoms with van der Waals surface area (Å²) in [7, 11) is 1.64. The van der Waals surface area contributed by atoms with Crippen molar-refractivity contribution in [2.45, 2.75) is 43.8 Å². The van der Waals surface area contributed by atoms with Gasteiger partial charge in [0.15, 0.2) is 0 Å². The lowest BCUT2D eigenvalue weighted by Gasteiger charge is -2.53. The monoisotopic (exact) mass is 200 g/mol. The Labute approximate surface area is 82.9 Å². The Morgan fingerprint density at radius 3 is 2.29 bits per heavy atom. The van der Waals surface area contributed by atoms with E-state index in [0.717, 1.165) is 12.8 Å². The fourth-order valence-electron chi connectivity index (χ4n) is 2.88. The van der Waals surface area contributed by atoms with Crippen LogP contribution in [-0.4, -0.2) is 35.0 Å². The number of ether oxygens (including phenoxy) is 1. The number of carbonyl (C=O) groups is 1. The molecule has 80 valence electrons. The van der Waals surface area contributed by atoms with Gasteiger partial charge < -0.3 is 14.9 Å². The van der Waals surface area contributed by atoms with E-state index in [9.17, 15) is 9.90 Å². The maximum atomic E-state index is 11.1. The largest absolute Gasteiger partial charge is 0.481 e. The van der Waals surface area contributed by atoms with E-state index in [0.29, 0.717) is 19.3 Å². The standard InChI is InChI=1S/C10H16O4/c1-14-9-2-4-10(5-3-9,8(12)13)7(11)6-9/h7,11H,2-6H2,1H3,(H,12,13)/t7-,9?,10?/m1/s1. The zero-order chi connectivity index (χ0) is 10.4. The molecule has 0 unspecified atom stereocenters. The highest BCUT2D eigenvalue weighted by Gasteiger charge is 2.58. The van der Waals surface area contributed by atoms with Crippen molar-refractivity contribution in [2.24, 2.45) is 5.41 Å². The maximum Gasteiger partial charge on any atom is 0.312 e. The third-order valence-electron chi connectivity index (χ3n) is 4.12. The lowest BCUT2D eigenvalue weighted by molar-refractivity contribution is -0.196. The number of hydrogen-bond acceptors (Lipinski definition) is 3. The topological polar surface area (TPSA) is 66.8 Å². The molecule has 2 N–H and O–H groups in total. The molecule has 0 aromatic heterocycles. The maximum absolute atomic E-state index is 11.1. The predicted octanol–water partition coefficient (Wildman–Crippen LogP) is 0.781. The number of carboxylic acids is 1. The van der Waals surface area contributed by atoms with Crippen LogP contribution in [0.5, 0.6) is 0 Å². The molecule has 1 atom stereocenters. The highest BCUT2D eigenvalue weighted by Crippen LogP contribution is 2.53. The van der Waals surface area contributed by atoms with Crippen LogP contribution < -0.4 is 0 Å². The second kappa shape index (κ2) is 2.94. The van der Waals surface area contributed by atoms with Gasteiger partial charge in [0.25, 0.3) is 0 Å². The number of fused-ring (bicyclic) bond motifs is 3. The van der Waals surface area contributed by atoms with Crippen LogP contribution in [0.15, 0.2) is 0 Å². The van der Waals surface area contributed by atoms with Crippen molar-refractivity contribution < 1.29 is 19.7 Å². The lowest BCUT2D eigenvalue weighted by Crippen LogP contribution is -2.58. The molecule has 0 amide bonds. The van der Waals surface area contributed by atoms with Crippen molar-refractivity contribution in [1.29, 1.82) is 0 Å². The van der Waals surface area contributed by atoms with Crippen LogP contribution in [0, 0.1) is 5.41 Å². The molecule has 3 aliphatic rings. The Kier molecular flexibility index (Phi) is 2.08. The minimum absolute atomic E-state index is 0.253. The Hall–Kier alpha value is -0.610. The van der Waals surface area contributed by atoms with Gasteiger partial charge in [0.1, 0.15) is 0 Å². The number of aliphatic hydroxyl groups is 1. The zero-order valence-electron chi connectivity index (χ0n) is 8.32. The third-order valence-corrected chi connectivity index (χ3v) is 4.12. The summed E-state index contributed by atoms with van der Waals surface area (Å²) in [5.74, 6) is -0.852. The van der Waals surface area contributed by atoms with E-state index in [1.54, 1.807) is 7.11 Å². The number of rotatable bonds is 2. The van der Waals surface area contributed by atoms with Crippen molar-refractivity contribution in [3.63, 3.8) is 0 Å². The Bertz CT molecular complexity index is 253. The van der Waals surface area contributed by atoms with Gasteiger partial charge in [0, 0.05) is 13.5 Å². The first kappa shape index (κ1) is 9.93. The van der Waals surface area contributed by atoms with Gasteiger partial charge in [0.05, 0.1) is 17.1 Å². The first-order valence-corrected chi connectivity index (χ1v) is 5.01. The van der Waals surface area contributed by atoms with Crippen LogP contribution >= 0.6 is 0 Å². The van der Waals surface area contributed by atoms with Crippen molar-refractivity contribution in [3.8, 4) is 0 Å². The molecule has 14 heavy (non-hydrogen) atoms. The molecule has 3 fully saturated rings. The molecule has 3 saturated carbocycles. The number of carboxylic acid groups (broad SMARTS) is 1. The molecular formula is C10H16O4. The van der Waals surface area contributed by atoms with Gasteiger partial charge in [0.2, 0.25) is 0 Å². The summed E-state index contributed by atoms with van der Waals surface area (Å²) in [6, 6.07) is 0. The van der Waals surface area contributed by atoms with Crippen LogP contribution in [-0.2, 0) is 9.53 Å². The number of aliphatic hydroxyl groups excluding tert-OH is 1. The van der Waals surface area contributed by atoms with Gasteiger partial charge in [-0.05, 0) is 25.7 Å². The Balaban J connectivity index is 2.25. The molecule has 0 aromatic rings. The number of hydrogen-bond donors (Lipinski definition) is 2. The highest BCUT2D eigenvalue weighted by atomic mass is 16.5. The molecule has 3 rings (SSSR count). The molecule has 4 heteroatoms. The summed E-state index contributed by atoms with van der Waals surface area (Å²) >= 11 is 0. The number of methoxy groups -OCH3 is 1. The van der Waals surface area contributed by atoms with E-state index >= 15 is 0 Å². The van der Waals surface area contributed by atoms with Crippen molar-refractivity contribution in [3.05, 3.63) is 0 Å². The van der Waals surface area contributed by atoms with E-state index in [-0.39, 0.29) is 5.60 Å². The van der Waals surface area contributed by atoms with Gasteiger partial charge in [-0.3, -0.25) is 4.79 Å². The number of aliphatic carboxylic acids is 1. The Morgan fingerprint density at radius 2 is 1.93 bits per heavy atom. The van der Waals surface area contributed by atoms with Gasteiger partial charge in [-0.15, -0.1) is 0 Å².